The predicted octanol–water partition coefficient (Wildman–Crippen LogP) is 3.63. The second-order valence-corrected chi connectivity index (χ2v) is 8.30. The third-order valence-electron chi connectivity index (χ3n) is 5.00. The Labute approximate surface area is 167 Å². The molecule has 2 aromatic carbocycles. The highest BCUT2D eigenvalue weighted by Gasteiger charge is 2.26. The third kappa shape index (κ3) is 4.98. The van der Waals surface area contributed by atoms with Gasteiger partial charge in [-0.05, 0) is 17.7 Å². The average molecular weight is 380 g/mol. The zero-order chi connectivity index (χ0) is 20.1. The first-order valence-electron chi connectivity index (χ1n) is 9.80. The lowest BCUT2D eigenvalue weighted by Gasteiger charge is -2.35. The van der Waals surface area contributed by atoms with Gasteiger partial charge in [0.25, 0.3) is 5.91 Å². The van der Waals surface area contributed by atoms with Crippen molar-refractivity contribution < 1.29 is 9.59 Å². The van der Waals surface area contributed by atoms with Crippen molar-refractivity contribution in [2.24, 2.45) is 5.41 Å². The van der Waals surface area contributed by atoms with Gasteiger partial charge in [0.1, 0.15) is 0 Å². The van der Waals surface area contributed by atoms with Gasteiger partial charge in [0.2, 0.25) is 5.91 Å². The summed E-state index contributed by atoms with van der Waals surface area (Å²) in [6.07, 6.45) is 0. The number of rotatable bonds is 4. The summed E-state index contributed by atoms with van der Waals surface area (Å²) in [5.74, 6) is -0.121. The molecular formula is C23H29N3O2. The first-order valence-corrected chi connectivity index (χ1v) is 9.80. The van der Waals surface area contributed by atoms with Crippen LogP contribution in [-0.4, -0.2) is 47.8 Å². The largest absolute Gasteiger partial charge is 0.336 e. The number of nitrogens with one attached hydrogen (secondary N) is 1. The number of carbonyl (C=O) groups excluding carboxylic acids is 2. The monoisotopic (exact) mass is 379 g/mol. The number of benzene rings is 2. The van der Waals surface area contributed by atoms with E-state index < -0.39 is 5.41 Å². The van der Waals surface area contributed by atoms with Crippen molar-refractivity contribution >= 4 is 17.5 Å². The van der Waals surface area contributed by atoms with Crippen LogP contribution in [0.5, 0.6) is 0 Å². The lowest BCUT2D eigenvalue weighted by atomic mass is 9.95. The maximum Gasteiger partial charge on any atom is 0.256 e. The van der Waals surface area contributed by atoms with Gasteiger partial charge >= 0.3 is 0 Å². The Kier molecular flexibility index (Phi) is 6.15. The van der Waals surface area contributed by atoms with E-state index >= 15 is 0 Å². The molecule has 0 aromatic heterocycles. The van der Waals surface area contributed by atoms with E-state index in [0.717, 1.165) is 19.6 Å². The van der Waals surface area contributed by atoms with E-state index in [2.05, 4.69) is 34.5 Å². The average Bonchev–Trinajstić information content (AvgIpc) is 2.68. The van der Waals surface area contributed by atoms with Gasteiger partial charge in [-0.25, -0.2) is 0 Å². The van der Waals surface area contributed by atoms with Crippen LogP contribution in [0, 0.1) is 5.41 Å². The second kappa shape index (κ2) is 8.57. The summed E-state index contributed by atoms with van der Waals surface area (Å²) in [7, 11) is 0. The van der Waals surface area contributed by atoms with E-state index in [-0.39, 0.29) is 11.8 Å². The van der Waals surface area contributed by atoms with Crippen LogP contribution in [0.25, 0.3) is 0 Å². The Hall–Kier alpha value is -2.66. The van der Waals surface area contributed by atoms with Crippen LogP contribution in [0.2, 0.25) is 0 Å². The summed E-state index contributed by atoms with van der Waals surface area (Å²) < 4.78 is 0. The second-order valence-electron chi connectivity index (χ2n) is 8.30. The molecule has 3 rings (SSSR count). The van der Waals surface area contributed by atoms with Crippen molar-refractivity contribution in [3.05, 3.63) is 65.7 Å². The standard InChI is InChI=1S/C23H29N3O2/c1-23(2,3)22(28)24-20-12-8-7-11-19(20)21(27)26-15-13-25(14-16-26)17-18-9-5-4-6-10-18/h4-12H,13-17H2,1-3H3,(H,24,28). The van der Waals surface area contributed by atoms with Gasteiger partial charge in [0.15, 0.2) is 0 Å². The molecule has 2 amide bonds. The zero-order valence-corrected chi connectivity index (χ0v) is 16.9. The molecule has 1 aliphatic rings. The Bertz CT molecular complexity index is 819. The summed E-state index contributed by atoms with van der Waals surface area (Å²) in [6.45, 7) is 9.55. The van der Waals surface area contributed by atoms with E-state index in [1.54, 1.807) is 12.1 Å². The number of amides is 2. The van der Waals surface area contributed by atoms with Crippen molar-refractivity contribution in [2.45, 2.75) is 27.3 Å². The molecule has 2 aromatic rings. The number of hydrogen-bond donors (Lipinski definition) is 1. The number of carbonyl (C=O) groups is 2. The summed E-state index contributed by atoms with van der Waals surface area (Å²) in [5, 5.41) is 2.92. The molecule has 28 heavy (non-hydrogen) atoms. The van der Waals surface area contributed by atoms with E-state index in [1.165, 1.54) is 5.56 Å². The number of hydrogen-bond acceptors (Lipinski definition) is 3. The first-order chi connectivity index (χ1) is 13.3. The van der Waals surface area contributed by atoms with Crippen molar-refractivity contribution in [2.75, 3.05) is 31.5 Å². The smallest absolute Gasteiger partial charge is 0.256 e. The summed E-state index contributed by atoms with van der Waals surface area (Å²) in [5.41, 5.74) is 1.91. The normalized spacial score (nSPS) is 15.3. The Morgan fingerprint density at radius 2 is 1.50 bits per heavy atom. The quantitative estimate of drug-likeness (QED) is 0.883. The fourth-order valence-corrected chi connectivity index (χ4v) is 3.21. The molecule has 148 valence electrons. The van der Waals surface area contributed by atoms with Crippen LogP contribution in [0.1, 0.15) is 36.7 Å². The van der Waals surface area contributed by atoms with Crippen molar-refractivity contribution in [1.82, 2.24) is 9.80 Å². The van der Waals surface area contributed by atoms with Gasteiger partial charge in [-0.1, -0.05) is 63.2 Å². The summed E-state index contributed by atoms with van der Waals surface area (Å²) in [6, 6.07) is 17.7. The van der Waals surface area contributed by atoms with E-state index in [1.807, 2.05) is 43.9 Å². The first kappa shape index (κ1) is 20.1. The molecule has 1 aliphatic heterocycles. The topological polar surface area (TPSA) is 52.7 Å². The van der Waals surface area contributed by atoms with Crippen LogP contribution in [0.3, 0.4) is 0 Å². The molecule has 1 heterocycles. The molecule has 5 heteroatoms. The number of para-hydroxylation sites is 1. The van der Waals surface area contributed by atoms with E-state index in [9.17, 15) is 9.59 Å². The maximum absolute atomic E-state index is 13.1. The fourth-order valence-electron chi connectivity index (χ4n) is 3.21. The molecule has 1 fully saturated rings. The number of anilines is 1. The zero-order valence-electron chi connectivity index (χ0n) is 16.9. The SMILES string of the molecule is CC(C)(C)C(=O)Nc1ccccc1C(=O)N1CCN(Cc2ccccc2)CC1. The van der Waals surface area contributed by atoms with Crippen LogP contribution < -0.4 is 5.32 Å². The third-order valence-corrected chi connectivity index (χ3v) is 5.00. The molecule has 0 radical (unpaired) electrons. The fraction of sp³-hybridized carbons (Fsp3) is 0.391. The van der Waals surface area contributed by atoms with Crippen molar-refractivity contribution in [3.63, 3.8) is 0 Å². The Morgan fingerprint density at radius 3 is 2.14 bits per heavy atom. The van der Waals surface area contributed by atoms with Crippen molar-refractivity contribution in [3.8, 4) is 0 Å². The molecule has 0 atom stereocenters. The Morgan fingerprint density at radius 1 is 0.893 bits per heavy atom. The van der Waals surface area contributed by atoms with Crippen LogP contribution in [0.4, 0.5) is 5.69 Å². The highest BCUT2D eigenvalue weighted by molar-refractivity contribution is 6.04. The van der Waals surface area contributed by atoms with Crippen LogP contribution in [-0.2, 0) is 11.3 Å². The molecule has 0 unspecified atom stereocenters. The molecule has 0 bridgehead atoms. The predicted molar refractivity (Wildman–Crippen MR) is 112 cm³/mol. The molecule has 0 saturated carbocycles. The molecule has 1 N–H and O–H groups in total. The minimum atomic E-state index is -0.515. The van der Waals surface area contributed by atoms with Crippen molar-refractivity contribution in [1.29, 1.82) is 0 Å². The van der Waals surface area contributed by atoms with Crippen LogP contribution in [0.15, 0.2) is 54.6 Å². The Balaban J connectivity index is 1.63. The molecule has 0 spiro atoms. The lowest BCUT2D eigenvalue weighted by Crippen LogP contribution is -2.48. The molecule has 0 aliphatic carbocycles. The molecular weight excluding hydrogens is 350 g/mol. The van der Waals surface area contributed by atoms with Gasteiger partial charge in [-0.15, -0.1) is 0 Å². The molecule has 5 nitrogen and oxygen atoms in total. The van der Waals surface area contributed by atoms with E-state index in [0.29, 0.717) is 24.3 Å². The maximum atomic E-state index is 13.1. The van der Waals surface area contributed by atoms with Gasteiger partial charge in [0.05, 0.1) is 11.3 Å². The van der Waals surface area contributed by atoms with Crippen LogP contribution >= 0.6 is 0 Å². The lowest BCUT2D eigenvalue weighted by molar-refractivity contribution is -0.123. The van der Waals surface area contributed by atoms with Gasteiger partial charge in [-0.2, -0.15) is 0 Å². The van der Waals surface area contributed by atoms with E-state index in [4.69, 9.17) is 0 Å². The summed E-state index contributed by atoms with van der Waals surface area (Å²) in [4.78, 5) is 29.7. The number of piperazine rings is 1. The highest BCUT2D eigenvalue weighted by Crippen LogP contribution is 2.22. The van der Waals surface area contributed by atoms with Gasteiger partial charge in [0, 0.05) is 38.1 Å². The highest BCUT2D eigenvalue weighted by atomic mass is 16.2. The molecule has 1 saturated heterocycles. The van der Waals surface area contributed by atoms with Gasteiger partial charge in [-0.3, -0.25) is 14.5 Å². The number of nitrogens with zero attached hydrogens (tertiary/aromatic N) is 2. The minimum Gasteiger partial charge on any atom is -0.336 e. The minimum absolute atomic E-state index is 0.0239. The summed E-state index contributed by atoms with van der Waals surface area (Å²) >= 11 is 0. The van der Waals surface area contributed by atoms with Gasteiger partial charge < -0.3 is 10.2 Å².